The molecule has 0 aliphatic carbocycles. The number of halogens is 2. The number of piperidine rings is 1. The van der Waals surface area contributed by atoms with E-state index in [9.17, 15) is 14.3 Å². The van der Waals surface area contributed by atoms with Crippen molar-refractivity contribution >= 4 is 16.7 Å². The molecule has 196 valence electrons. The topological polar surface area (TPSA) is 93.4 Å². The van der Waals surface area contributed by atoms with Crippen molar-refractivity contribution in [3.05, 3.63) is 63.8 Å². The second kappa shape index (κ2) is 9.04. The van der Waals surface area contributed by atoms with Crippen LogP contribution in [0.3, 0.4) is 0 Å². The Labute approximate surface area is 217 Å². The van der Waals surface area contributed by atoms with Gasteiger partial charge in [0.1, 0.15) is 40.6 Å². The Morgan fingerprint density at radius 1 is 1.16 bits per heavy atom. The highest BCUT2D eigenvalue weighted by Gasteiger charge is 2.35. The quantitative estimate of drug-likeness (QED) is 0.407. The van der Waals surface area contributed by atoms with Gasteiger partial charge in [-0.3, -0.25) is 9.55 Å². The van der Waals surface area contributed by atoms with Crippen LogP contribution in [0.25, 0.3) is 27.8 Å². The lowest BCUT2D eigenvalue weighted by Gasteiger charge is -2.35. The van der Waals surface area contributed by atoms with Crippen LogP contribution in [-0.2, 0) is 0 Å². The van der Waals surface area contributed by atoms with Crippen molar-refractivity contribution in [3.63, 3.8) is 0 Å². The summed E-state index contributed by atoms with van der Waals surface area (Å²) in [5.41, 5.74) is 0.0251. The van der Waals surface area contributed by atoms with Crippen LogP contribution in [0.15, 0.2) is 35.3 Å². The summed E-state index contributed by atoms with van der Waals surface area (Å²) in [6, 6.07) is 5.38. The van der Waals surface area contributed by atoms with E-state index in [1.165, 1.54) is 16.7 Å². The Balaban J connectivity index is 1.81. The zero-order chi connectivity index (χ0) is 26.7. The molecule has 1 saturated heterocycles. The summed E-state index contributed by atoms with van der Waals surface area (Å²) in [6.45, 7) is 6.57. The molecule has 0 saturated carbocycles. The van der Waals surface area contributed by atoms with E-state index in [1.807, 2.05) is 25.7 Å². The number of aryl methyl sites for hydroxylation is 1. The molecular formula is C28H27F2N5O3. The Morgan fingerprint density at radius 2 is 1.97 bits per heavy atom. The summed E-state index contributed by atoms with van der Waals surface area (Å²) in [6.07, 6.45) is 4.35. The number of hydrogen-bond donors (Lipinski definition) is 1. The Morgan fingerprint density at radius 3 is 2.74 bits per heavy atom. The fraction of sp³-hybridized carbons (Fsp3) is 0.357. The largest absolute Gasteiger partial charge is 0.507 e. The number of phenolic OH excluding ortho intramolecular Hbond substituents is 1. The van der Waals surface area contributed by atoms with E-state index in [-0.39, 0.29) is 35.3 Å². The molecule has 5 heterocycles. The highest BCUT2D eigenvalue weighted by Crippen LogP contribution is 2.43. The van der Waals surface area contributed by atoms with Gasteiger partial charge in [-0.25, -0.2) is 18.6 Å². The van der Waals surface area contributed by atoms with Crippen molar-refractivity contribution in [1.82, 2.24) is 19.5 Å². The van der Waals surface area contributed by atoms with Crippen LogP contribution in [0, 0.1) is 18.6 Å². The average Bonchev–Trinajstić information content (AvgIpc) is 3.04. The molecule has 4 aromatic rings. The summed E-state index contributed by atoms with van der Waals surface area (Å²) in [5.74, 6) is -2.03. The lowest BCUT2D eigenvalue weighted by atomic mass is 10.0. The van der Waals surface area contributed by atoms with Gasteiger partial charge in [-0.15, -0.1) is 0 Å². The third kappa shape index (κ3) is 3.61. The van der Waals surface area contributed by atoms with E-state index in [0.717, 1.165) is 25.3 Å². The number of aromatic hydroxyl groups is 1. The number of benzene rings is 1. The molecule has 2 aliphatic rings. The number of fused-ring (bicyclic) bond motifs is 2. The number of anilines is 1. The van der Waals surface area contributed by atoms with E-state index in [4.69, 9.17) is 4.74 Å². The third-order valence-electron chi connectivity index (χ3n) is 7.38. The van der Waals surface area contributed by atoms with Crippen molar-refractivity contribution in [1.29, 1.82) is 0 Å². The minimum absolute atomic E-state index is 0.0392. The van der Waals surface area contributed by atoms with E-state index in [0.29, 0.717) is 29.3 Å². The molecule has 0 amide bonds. The first kappa shape index (κ1) is 24.3. The molecule has 0 spiro atoms. The van der Waals surface area contributed by atoms with Gasteiger partial charge in [0.15, 0.2) is 5.82 Å². The van der Waals surface area contributed by atoms with Crippen LogP contribution < -0.4 is 15.3 Å². The molecule has 1 atom stereocenters. The molecule has 38 heavy (non-hydrogen) atoms. The Kier molecular flexibility index (Phi) is 5.77. The summed E-state index contributed by atoms with van der Waals surface area (Å²) in [4.78, 5) is 29.2. The van der Waals surface area contributed by atoms with Gasteiger partial charge in [-0.05, 0) is 55.9 Å². The van der Waals surface area contributed by atoms with E-state index >= 15 is 4.39 Å². The standard InChI is InChI=1S/C28H27F2N5O3/c1-14(2)22-24(15(3)10-11-31-22)35-25-20-26(33-28(35)37)34-12-5-4-7-16(34)13-38-27(20)32-23(21(25)30)19-17(29)8-6-9-18(19)36/h6,8-11,14,16,36H,4-5,7,12-13H2,1-3H3/t16-/m0/s1. The van der Waals surface area contributed by atoms with Crippen LogP contribution in [0.4, 0.5) is 14.6 Å². The number of nitrogens with zero attached hydrogens (tertiary/aromatic N) is 5. The monoisotopic (exact) mass is 519 g/mol. The van der Waals surface area contributed by atoms with Gasteiger partial charge in [-0.1, -0.05) is 19.9 Å². The normalized spacial score (nSPS) is 16.9. The molecule has 0 radical (unpaired) electrons. The van der Waals surface area contributed by atoms with E-state index in [1.54, 1.807) is 12.3 Å². The van der Waals surface area contributed by atoms with Gasteiger partial charge >= 0.3 is 5.69 Å². The zero-order valence-electron chi connectivity index (χ0n) is 21.3. The van der Waals surface area contributed by atoms with Gasteiger partial charge < -0.3 is 14.7 Å². The Hall–Kier alpha value is -4.08. The van der Waals surface area contributed by atoms with Crippen molar-refractivity contribution in [2.24, 2.45) is 0 Å². The van der Waals surface area contributed by atoms with Crippen LogP contribution in [0.2, 0.25) is 0 Å². The van der Waals surface area contributed by atoms with Gasteiger partial charge in [0, 0.05) is 12.7 Å². The van der Waals surface area contributed by atoms with Gasteiger partial charge in [-0.2, -0.15) is 4.98 Å². The summed E-state index contributed by atoms with van der Waals surface area (Å²) in [5, 5.41) is 10.8. The first-order chi connectivity index (χ1) is 18.3. The zero-order valence-corrected chi connectivity index (χ0v) is 21.3. The van der Waals surface area contributed by atoms with Crippen molar-refractivity contribution in [2.45, 2.75) is 52.0 Å². The molecule has 8 nitrogen and oxygen atoms in total. The van der Waals surface area contributed by atoms with Crippen molar-refractivity contribution in [2.75, 3.05) is 18.1 Å². The van der Waals surface area contributed by atoms with E-state index in [2.05, 4.69) is 15.0 Å². The third-order valence-corrected chi connectivity index (χ3v) is 7.38. The minimum atomic E-state index is -0.957. The maximum absolute atomic E-state index is 16.8. The second-order valence-corrected chi connectivity index (χ2v) is 10.2. The molecule has 3 aromatic heterocycles. The smallest absolute Gasteiger partial charge is 0.354 e. The molecule has 6 rings (SSSR count). The highest BCUT2D eigenvalue weighted by atomic mass is 19.1. The molecule has 0 bridgehead atoms. The number of phenols is 1. The van der Waals surface area contributed by atoms with Gasteiger partial charge in [0.25, 0.3) is 0 Å². The second-order valence-electron chi connectivity index (χ2n) is 10.2. The molecule has 1 aromatic carbocycles. The molecular weight excluding hydrogens is 492 g/mol. The summed E-state index contributed by atoms with van der Waals surface area (Å²) < 4.78 is 39.1. The number of rotatable bonds is 3. The highest BCUT2D eigenvalue weighted by molar-refractivity contribution is 5.98. The van der Waals surface area contributed by atoms with Crippen molar-refractivity contribution in [3.8, 4) is 28.6 Å². The fourth-order valence-corrected chi connectivity index (χ4v) is 5.58. The maximum Gasteiger partial charge on any atom is 0.354 e. The number of hydrogen-bond acceptors (Lipinski definition) is 7. The molecule has 1 N–H and O–H groups in total. The summed E-state index contributed by atoms with van der Waals surface area (Å²) in [7, 11) is 0. The molecule has 0 unspecified atom stereocenters. The first-order valence-electron chi connectivity index (χ1n) is 12.8. The fourth-order valence-electron chi connectivity index (χ4n) is 5.58. The van der Waals surface area contributed by atoms with Gasteiger partial charge in [0.05, 0.1) is 23.0 Å². The van der Waals surface area contributed by atoms with Crippen LogP contribution in [0.1, 0.15) is 50.3 Å². The molecule has 10 heteroatoms. The van der Waals surface area contributed by atoms with E-state index < -0.39 is 34.3 Å². The molecule has 1 fully saturated rings. The molecule has 2 aliphatic heterocycles. The predicted octanol–water partition coefficient (Wildman–Crippen LogP) is 5.01. The van der Waals surface area contributed by atoms with Crippen LogP contribution in [0.5, 0.6) is 11.6 Å². The summed E-state index contributed by atoms with van der Waals surface area (Å²) >= 11 is 0. The van der Waals surface area contributed by atoms with Crippen LogP contribution >= 0.6 is 0 Å². The predicted molar refractivity (Wildman–Crippen MR) is 139 cm³/mol. The minimum Gasteiger partial charge on any atom is -0.507 e. The lowest BCUT2D eigenvalue weighted by Crippen LogP contribution is -2.43. The lowest BCUT2D eigenvalue weighted by molar-refractivity contribution is 0.260. The van der Waals surface area contributed by atoms with Crippen molar-refractivity contribution < 1.29 is 18.6 Å². The number of ether oxygens (including phenoxy) is 1. The van der Waals surface area contributed by atoms with Crippen LogP contribution in [-0.4, -0.2) is 43.8 Å². The SMILES string of the molecule is Cc1ccnc(C(C)C)c1-n1c(=O)nc2c3c(nc(-c4c(O)cccc4F)c(F)c31)OC[C@@H]1CCCCN21. The van der Waals surface area contributed by atoms with Gasteiger partial charge in [0.2, 0.25) is 5.88 Å². The maximum atomic E-state index is 16.8. The number of aromatic nitrogens is 4. The first-order valence-corrected chi connectivity index (χ1v) is 12.8. The average molecular weight is 520 g/mol. The number of pyridine rings is 2. The Bertz CT molecular complexity index is 1630.